The van der Waals surface area contributed by atoms with Gasteiger partial charge in [0, 0.05) is 25.3 Å². The molecular formula is C20H20F3N3O4. The van der Waals surface area contributed by atoms with Crippen LogP contribution in [0, 0.1) is 5.92 Å². The topological polar surface area (TPSA) is 91.7 Å². The predicted octanol–water partition coefficient (Wildman–Crippen LogP) is 2.91. The highest BCUT2D eigenvalue weighted by Crippen LogP contribution is 2.30. The van der Waals surface area contributed by atoms with Gasteiger partial charge in [0.15, 0.2) is 0 Å². The van der Waals surface area contributed by atoms with Crippen LogP contribution in [-0.2, 0) is 15.8 Å². The number of nitrogens with zero attached hydrogens (tertiary/aromatic N) is 1. The van der Waals surface area contributed by atoms with Crippen molar-refractivity contribution >= 4 is 23.4 Å². The minimum absolute atomic E-state index is 0.0868. The maximum Gasteiger partial charge on any atom is 0.416 e. The molecule has 0 bridgehead atoms. The molecule has 1 aromatic heterocycles. The van der Waals surface area contributed by atoms with Gasteiger partial charge in [-0.05, 0) is 43.0 Å². The van der Waals surface area contributed by atoms with Gasteiger partial charge >= 0.3 is 18.0 Å². The molecule has 2 heterocycles. The number of nitrogens with one attached hydrogen (secondary N) is 2. The third-order valence-corrected chi connectivity index (χ3v) is 4.88. The van der Waals surface area contributed by atoms with Gasteiger partial charge in [-0.15, -0.1) is 0 Å². The molecule has 3 amide bonds. The van der Waals surface area contributed by atoms with Crippen LogP contribution in [0.1, 0.15) is 28.8 Å². The standard InChI is InChI=1S/C20H20F3N3O4/c21-20(22,23)15-2-1-3-16(10-15)25-18(28)17(27)24-11-13-4-7-26(8-5-13)19(29)14-6-9-30-12-14/h1-3,6,9-10,12-13H,4-5,7-8,11H2,(H,24,27)(H,25,28). The van der Waals surface area contributed by atoms with Crippen molar-refractivity contribution in [3.63, 3.8) is 0 Å². The molecule has 1 aromatic carbocycles. The SMILES string of the molecule is O=C(NCC1CCN(C(=O)c2ccoc2)CC1)C(=O)Nc1cccc(C(F)(F)F)c1. The molecule has 0 radical (unpaired) electrons. The lowest BCUT2D eigenvalue weighted by Gasteiger charge is -2.31. The number of halogens is 3. The minimum Gasteiger partial charge on any atom is -0.472 e. The molecule has 10 heteroatoms. The number of benzene rings is 1. The van der Waals surface area contributed by atoms with Crippen LogP contribution < -0.4 is 10.6 Å². The van der Waals surface area contributed by atoms with Crippen LogP contribution in [0.5, 0.6) is 0 Å². The first-order valence-electron chi connectivity index (χ1n) is 9.32. The van der Waals surface area contributed by atoms with E-state index in [1.165, 1.54) is 18.6 Å². The Balaban J connectivity index is 1.44. The van der Waals surface area contributed by atoms with E-state index in [9.17, 15) is 27.6 Å². The van der Waals surface area contributed by atoms with Crippen molar-refractivity contribution in [2.75, 3.05) is 25.0 Å². The van der Waals surface area contributed by atoms with Gasteiger partial charge in [-0.1, -0.05) is 6.07 Å². The average molecular weight is 423 g/mol. The molecule has 2 aromatic rings. The summed E-state index contributed by atoms with van der Waals surface area (Å²) in [5.41, 5.74) is -0.554. The molecule has 7 nitrogen and oxygen atoms in total. The normalized spacial score (nSPS) is 15.0. The Labute approximate surface area is 170 Å². The maximum atomic E-state index is 12.7. The van der Waals surface area contributed by atoms with Crippen LogP contribution in [0.15, 0.2) is 47.3 Å². The van der Waals surface area contributed by atoms with Crippen LogP contribution in [0.4, 0.5) is 18.9 Å². The first-order chi connectivity index (χ1) is 14.2. The van der Waals surface area contributed by atoms with E-state index in [0.29, 0.717) is 31.5 Å². The van der Waals surface area contributed by atoms with Crippen LogP contribution in [-0.4, -0.2) is 42.3 Å². The van der Waals surface area contributed by atoms with Crippen molar-refractivity contribution in [1.82, 2.24) is 10.2 Å². The Kier molecular flexibility index (Phi) is 6.43. The summed E-state index contributed by atoms with van der Waals surface area (Å²) in [4.78, 5) is 37.9. The van der Waals surface area contributed by atoms with Crippen molar-refractivity contribution in [1.29, 1.82) is 0 Å². The van der Waals surface area contributed by atoms with E-state index in [2.05, 4.69) is 10.6 Å². The van der Waals surface area contributed by atoms with Gasteiger partial charge in [0.25, 0.3) is 5.91 Å². The Morgan fingerprint density at radius 2 is 1.83 bits per heavy atom. The molecule has 0 atom stereocenters. The summed E-state index contributed by atoms with van der Waals surface area (Å²) in [5, 5.41) is 4.66. The molecule has 0 aliphatic carbocycles. The van der Waals surface area contributed by atoms with E-state index in [0.717, 1.165) is 18.2 Å². The van der Waals surface area contributed by atoms with E-state index < -0.39 is 23.6 Å². The largest absolute Gasteiger partial charge is 0.472 e. The number of furan rings is 1. The zero-order chi connectivity index (χ0) is 21.7. The lowest BCUT2D eigenvalue weighted by Crippen LogP contribution is -2.43. The fourth-order valence-corrected chi connectivity index (χ4v) is 3.19. The van der Waals surface area contributed by atoms with Crippen LogP contribution in [0.25, 0.3) is 0 Å². The summed E-state index contributed by atoms with van der Waals surface area (Å²) in [6, 6.07) is 5.65. The Morgan fingerprint density at radius 3 is 2.47 bits per heavy atom. The number of hydrogen-bond donors (Lipinski definition) is 2. The van der Waals surface area contributed by atoms with Gasteiger partial charge in [0.1, 0.15) is 6.26 Å². The molecule has 1 aliphatic rings. The predicted molar refractivity (Wildman–Crippen MR) is 100 cm³/mol. The van der Waals surface area contributed by atoms with Crippen LogP contribution in [0.3, 0.4) is 0 Å². The fourth-order valence-electron chi connectivity index (χ4n) is 3.19. The smallest absolute Gasteiger partial charge is 0.416 e. The summed E-state index contributed by atoms with van der Waals surface area (Å²) in [7, 11) is 0. The van der Waals surface area contributed by atoms with Crippen molar-refractivity contribution in [3.05, 3.63) is 54.0 Å². The Morgan fingerprint density at radius 1 is 1.10 bits per heavy atom. The van der Waals surface area contributed by atoms with E-state index in [-0.39, 0.29) is 24.1 Å². The summed E-state index contributed by atoms with van der Waals surface area (Å²) < 4.78 is 43.1. The Hall–Kier alpha value is -3.30. The molecule has 0 saturated carbocycles. The molecule has 0 unspecified atom stereocenters. The third-order valence-electron chi connectivity index (χ3n) is 4.88. The molecule has 30 heavy (non-hydrogen) atoms. The molecular weight excluding hydrogens is 403 g/mol. The average Bonchev–Trinajstić information content (AvgIpc) is 3.26. The van der Waals surface area contributed by atoms with Gasteiger partial charge in [0.05, 0.1) is 17.4 Å². The number of piperidine rings is 1. The van der Waals surface area contributed by atoms with Gasteiger partial charge in [-0.2, -0.15) is 13.2 Å². The van der Waals surface area contributed by atoms with E-state index in [4.69, 9.17) is 4.42 Å². The quantitative estimate of drug-likeness (QED) is 0.740. The number of alkyl halides is 3. The van der Waals surface area contributed by atoms with E-state index in [1.54, 1.807) is 11.0 Å². The lowest BCUT2D eigenvalue weighted by molar-refractivity contribution is -0.137. The number of likely N-dealkylation sites (tertiary alicyclic amines) is 1. The minimum atomic E-state index is -4.54. The van der Waals surface area contributed by atoms with Gasteiger partial charge < -0.3 is 20.0 Å². The molecule has 3 rings (SSSR count). The highest BCUT2D eigenvalue weighted by Gasteiger charge is 2.31. The third kappa shape index (κ3) is 5.40. The van der Waals surface area contributed by atoms with Crippen molar-refractivity contribution in [2.45, 2.75) is 19.0 Å². The molecule has 160 valence electrons. The van der Waals surface area contributed by atoms with Crippen LogP contribution in [0.2, 0.25) is 0 Å². The van der Waals surface area contributed by atoms with Crippen molar-refractivity contribution < 1.29 is 32.0 Å². The number of carbonyl (C=O) groups excluding carboxylic acids is 3. The molecule has 1 saturated heterocycles. The monoisotopic (exact) mass is 423 g/mol. The summed E-state index contributed by atoms with van der Waals surface area (Å²) >= 11 is 0. The molecule has 2 N–H and O–H groups in total. The molecule has 1 fully saturated rings. The number of amides is 3. The second-order valence-corrected chi connectivity index (χ2v) is 6.99. The second kappa shape index (κ2) is 9.02. The second-order valence-electron chi connectivity index (χ2n) is 6.99. The van der Waals surface area contributed by atoms with Gasteiger partial charge in [-0.25, -0.2) is 0 Å². The number of carbonyl (C=O) groups is 3. The fraction of sp³-hybridized carbons (Fsp3) is 0.350. The van der Waals surface area contributed by atoms with Gasteiger partial charge in [-0.3, -0.25) is 14.4 Å². The van der Waals surface area contributed by atoms with E-state index >= 15 is 0 Å². The highest BCUT2D eigenvalue weighted by atomic mass is 19.4. The van der Waals surface area contributed by atoms with Crippen LogP contribution >= 0.6 is 0 Å². The number of anilines is 1. The molecule has 0 spiro atoms. The van der Waals surface area contributed by atoms with Crippen molar-refractivity contribution in [2.24, 2.45) is 5.92 Å². The first-order valence-corrected chi connectivity index (χ1v) is 9.32. The first kappa shape index (κ1) is 21.4. The highest BCUT2D eigenvalue weighted by molar-refractivity contribution is 6.39. The number of rotatable bonds is 4. The van der Waals surface area contributed by atoms with Gasteiger partial charge in [0.2, 0.25) is 0 Å². The zero-order valence-corrected chi connectivity index (χ0v) is 15.9. The Bertz CT molecular complexity index is 904. The summed E-state index contributed by atoms with van der Waals surface area (Å²) in [6.45, 7) is 1.27. The molecule has 1 aliphatic heterocycles. The lowest BCUT2D eigenvalue weighted by atomic mass is 9.96. The zero-order valence-electron chi connectivity index (χ0n) is 15.9. The van der Waals surface area contributed by atoms with E-state index in [1.807, 2.05) is 0 Å². The maximum absolute atomic E-state index is 12.7. The summed E-state index contributed by atoms with van der Waals surface area (Å²) in [6.07, 6.45) is -0.424. The number of hydrogen-bond acceptors (Lipinski definition) is 4. The summed E-state index contributed by atoms with van der Waals surface area (Å²) in [5.74, 6) is -2.00. The van der Waals surface area contributed by atoms with Crippen molar-refractivity contribution in [3.8, 4) is 0 Å².